The number of aliphatic carboxylic acids is 1. The zero-order chi connectivity index (χ0) is 13.3. The molecule has 0 aromatic carbocycles. The molecule has 0 aromatic heterocycles. The number of fused-ring (bicyclic) bond motifs is 1. The Morgan fingerprint density at radius 2 is 1.94 bits per heavy atom. The fourth-order valence-electron chi connectivity index (χ4n) is 2.02. The van der Waals surface area contributed by atoms with Gasteiger partial charge >= 0.3 is 11.9 Å². The third-order valence-corrected chi connectivity index (χ3v) is 2.90. The number of carbonyl (C=O) groups excluding carboxylic acids is 1. The summed E-state index contributed by atoms with van der Waals surface area (Å²) >= 11 is 0. The molecule has 2 aliphatic heterocycles. The maximum Gasteiger partial charge on any atom is 0.334 e. The van der Waals surface area contributed by atoms with Gasteiger partial charge in [0.15, 0.2) is 6.10 Å². The second kappa shape index (κ2) is 5.05. The molecule has 0 saturated carbocycles. The van der Waals surface area contributed by atoms with Crippen LogP contribution in [-0.2, 0) is 23.8 Å². The van der Waals surface area contributed by atoms with Crippen LogP contribution in [0.5, 0.6) is 0 Å². The van der Waals surface area contributed by atoms with E-state index >= 15 is 0 Å². The Morgan fingerprint density at radius 1 is 1.28 bits per heavy atom. The van der Waals surface area contributed by atoms with Crippen LogP contribution in [0.3, 0.4) is 0 Å². The Labute approximate surface area is 103 Å². The van der Waals surface area contributed by atoms with Crippen molar-refractivity contribution < 1.29 is 34.0 Å². The van der Waals surface area contributed by atoms with E-state index in [0.717, 1.165) is 6.08 Å². The minimum Gasteiger partial charge on any atom is -0.478 e. The first-order chi connectivity index (χ1) is 8.49. The van der Waals surface area contributed by atoms with Crippen LogP contribution < -0.4 is 0 Å². The van der Waals surface area contributed by atoms with Crippen molar-refractivity contribution in [2.75, 3.05) is 13.2 Å². The van der Waals surface area contributed by atoms with Gasteiger partial charge < -0.3 is 24.4 Å². The summed E-state index contributed by atoms with van der Waals surface area (Å²) in [5.74, 6) is -1.94. The summed E-state index contributed by atoms with van der Waals surface area (Å²) in [5.41, 5.74) is -0.00973. The molecule has 0 bridgehead atoms. The average Bonchev–Trinajstić information content (AvgIpc) is 2.83. The molecule has 4 atom stereocenters. The van der Waals surface area contributed by atoms with E-state index in [0.29, 0.717) is 0 Å². The normalized spacial score (nSPS) is 35.3. The highest BCUT2D eigenvalue weighted by molar-refractivity contribution is 5.95. The lowest BCUT2D eigenvalue weighted by atomic mass is 10.1. The average molecular weight is 258 g/mol. The molecule has 0 aliphatic carbocycles. The number of carboxylic acids is 1. The van der Waals surface area contributed by atoms with Crippen LogP contribution in [0.1, 0.15) is 6.92 Å². The smallest absolute Gasteiger partial charge is 0.334 e. The lowest BCUT2D eigenvalue weighted by Gasteiger charge is -2.16. The van der Waals surface area contributed by atoms with Gasteiger partial charge in [0, 0.05) is 11.6 Å². The van der Waals surface area contributed by atoms with Gasteiger partial charge in [-0.1, -0.05) is 0 Å². The van der Waals surface area contributed by atoms with Gasteiger partial charge in [-0.15, -0.1) is 0 Å². The van der Waals surface area contributed by atoms with E-state index in [1.54, 1.807) is 0 Å². The van der Waals surface area contributed by atoms with E-state index in [9.17, 15) is 14.7 Å². The number of rotatable bonds is 3. The number of carbonyl (C=O) groups is 2. The molecule has 7 nitrogen and oxygen atoms in total. The Hall–Kier alpha value is -1.44. The van der Waals surface area contributed by atoms with Crippen molar-refractivity contribution in [2.24, 2.45) is 0 Å². The topological polar surface area (TPSA) is 102 Å². The molecule has 18 heavy (non-hydrogen) atoms. The summed E-state index contributed by atoms with van der Waals surface area (Å²) in [5, 5.41) is 18.0. The molecule has 0 radical (unpaired) electrons. The Morgan fingerprint density at radius 3 is 2.61 bits per heavy atom. The van der Waals surface area contributed by atoms with Crippen LogP contribution in [-0.4, -0.2) is 59.8 Å². The number of aliphatic hydroxyl groups excluding tert-OH is 1. The highest BCUT2D eigenvalue weighted by atomic mass is 16.6. The lowest BCUT2D eigenvalue weighted by molar-refractivity contribution is -0.149. The number of carboxylic acid groups (broad SMARTS) is 1. The first-order valence-electron chi connectivity index (χ1n) is 5.52. The van der Waals surface area contributed by atoms with Gasteiger partial charge in [-0.05, 0) is 6.92 Å². The molecule has 2 rings (SSSR count). The van der Waals surface area contributed by atoms with E-state index in [-0.39, 0.29) is 18.8 Å². The molecule has 2 saturated heterocycles. The summed E-state index contributed by atoms with van der Waals surface area (Å²) in [6.45, 7) is 1.64. The summed E-state index contributed by atoms with van der Waals surface area (Å²) in [7, 11) is 0. The van der Waals surface area contributed by atoms with Crippen molar-refractivity contribution >= 4 is 11.9 Å². The Balaban J connectivity index is 1.95. The van der Waals surface area contributed by atoms with Gasteiger partial charge in [-0.25, -0.2) is 9.59 Å². The highest BCUT2D eigenvalue weighted by Crippen LogP contribution is 2.29. The van der Waals surface area contributed by atoms with Crippen molar-refractivity contribution in [3.63, 3.8) is 0 Å². The van der Waals surface area contributed by atoms with Gasteiger partial charge in [0.05, 0.1) is 13.2 Å². The molecular weight excluding hydrogens is 244 g/mol. The van der Waals surface area contributed by atoms with Crippen LogP contribution >= 0.6 is 0 Å². The van der Waals surface area contributed by atoms with E-state index in [1.165, 1.54) is 6.92 Å². The minimum atomic E-state index is -1.21. The zero-order valence-corrected chi connectivity index (χ0v) is 9.74. The molecular formula is C11H14O7. The predicted molar refractivity (Wildman–Crippen MR) is 56.8 cm³/mol. The monoisotopic (exact) mass is 258 g/mol. The predicted octanol–water partition coefficient (Wildman–Crippen LogP) is -0.912. The van der Waals surface area contributed by atoms with Crippen molar-refractivity contribution in [2.45, 2.75) is 31.3 Å². The molecule has 7 heteroatoms. The van der Waals surface area contributed by atoms with Crippen molar-refractivity contribution in [3.8, 4) is 0 Å². The van der Waals surface area contributed by atoms with Crippen LogP contribution in [0, 0.1) is 0 Å². The van der Waals surface area contributed by atoms with Crippen molar-refractivity contribution in [3.05, 3.63) is 11.6 Å². The zero-order valence-electron chi connectivity index (χ0n) is 9.74. The van der Waals surface area contributed by atoms with Gasteiger partial charge in [0.1, 0.15) is 18.3 Å². The molecule has 2 heterocycles. The molecule has 0 aromatic rings. The molecule has 0 amide bonds. The van der Waals surface area contributed by atoms with Gasteiger partial charge in [0.25, 0.3) is 0 Å². The maximum absolute atomic E-state index is 11.6. The van der Waals surface area contributed by atoms with E-state index in [1.807, 2.05) is 0 Å². The summed E-state index contributed by atoms with van der Waals surface area (Å²) in [6.07, 6.45) is -1.51. The molecule has 2 N–H and O–H groups in total. The molecule has 100 valence electrons. The van der Waals surface area contributed by atoms with Crippen molar-refractivity contribution in [1.82, 2.24) is 0 Å². The van der Waals surface area contributed by atoms with E-state index in [4.69, 9.17) is 19.3 Å². The maximum atomic E-state index is 11.6. The van der Waals surface area contributed by atoms with Crippen LogP contribution in [0.25, 0.3) is 0 Å². The second-order valence-corrected chi connectivity index (χ2v) is 4.27. The number of ether oxygens (including phenoxy) is 3. The van der Waals surface area contributed by atoms with Crippen molar-refractivity contribution in [1.29, 1.82) is 0 Å². The van der Waals surface area contributed by atoms with Crippen LogP contribution in [0.4, 0.5) is 0 Å². The minimum absolute atomic E-state index is 0.00973. The van der Waals surface area contributed by atoms with Gasteiger partial charge in [-0.3, -0.25) is 0 Å². The molecule has 2 aliphatic rings. The summed E-state index contributed by atoms with van der Waals surface area (Å²) < 4.78 is 15.7. The second-order valence-electron chi connectivity index (χ2n) is 4.27. The third kappa shape index (κ3) is 2.53. The van der Waals surface area contributed by atoms with Gasteiger partial charge in [-0.2, -0.15) is 0 Å². The standard InChI is InChI=1S/C11H14O7/c1-5(2-8(13)14)11(15)18-7-4-17-9-6(12)3-16-10(7)9/h2,6-7,9-10,12H,3-4H2,1H3,(H,13,14)/b5-2+/t6-,7+,9-,10-/m1/s1. The molecule has 2 fully saturated rings. The first-order valence-corrected chi connectivity index (χ1v) is 5.52. The van der Waals surface area contributed by atoms with E-state index < -0.39 is 36.4 Å². The lowest BCUT2D eigenvalue weighted by Crippen LogP contribution is -2.34. The largest absolute Gasteiger partial charge is 0.478 e. The molecule has 0 spiro atoms. The summed E-state index contributed by atoms with van der Waals surface area (Å²) in [6, 6.07) is 0. The number of aliphatic hydroxyl groups is 1. The first kappa shape index (κ1) is 13.0. The number of hydrogen-bond donors (Lipinski definition) is 2. The molecule has 0 unspecified atom stereocenters. The number of hydrogen-bond acceptors (Lipinski definition) is 6. The van der Waals surface area contributed by atoms with E-state index in [2.05, 4.69) is 0 Å². The van der Waals surface area contributed by atoms with Gasteiger partial charge in [0.2, 0.25) is 0 Å². The third-order valence-electron chi connectivity index (χ3n) is 2.90. The Bertz CT molecular complexity index is 389. The fourth-order valence-corrected chi connectivity index (χ4v) is 2.02. The fraction of sp³-hybridized carbons (Fsp3) is 0.636. The Kier molecular flexibility index (Phi) is 3.65. The van der Waals surface area contributed by atoms with Crippen LogP contribution in [0.15, 0.2) is 11.6 Å². The number of esters is 1. The summed E-state index contributed by atoms with van der Waals surface area (Å²) in [4.78, 5) is 22.0. The van der Waals surface area contributed by atoms with Crippen LogP contribution in [0.2, 0.25) is 0 Å². The highest BCUT2D eigenvalue weighted by Gasteiger charge is 2.48. The SMILES string of the molecule is C/C(=C\C(=O)O)C(=O)O[C@H]1CO[C@H]2[C@@H]1OC[C@H]2O. The quantitative estimate of drug-likeness (QED) is 0.499.